The highest BCUT2D eigenvalue weighted by Gasteiger charge is 2.24. The van der Waals surface area contributed by atoms with Gasteiger partial charge in [0.25, 0.3) is 5.91 Å². The molecule has 0 bridgehead atoms. The maximum atomic E-state index is 13.0. The van der Waals surface area contributed by atoms with E-state index in [0.717, 1.165) is 20.5 Å². The van der Waals surface area contributed by atoms with E-state index in [9.17, 15) is 14.0 Å². The van der Waals surface area contributed by atoms with Crippen molar-refractivity contribution in [2.75, 3.05) is 6.54 Å². The number of hydrogen-bond acceptors (Lipinski definition) is 5. The number of nitrogens with zero attached hydrogens (tertiary/aromatic N) is 1. The van der Waals surface area contributed by atoms with E-state index in [-0.39, 0.29) is 11.8 Å². The van der Waals surface area contributed by atoms with Gasteiger partial charge >= 0.3 is 0 Å². The monoisotopic (exact) mass is 445 g/mol. The van der Waals surface area contributed by atoms with Gasteiger partial charge in [-0.3, -0.25) is 9.59 Å². The standard InChI is InChI=1S/C22H24FN3O2S2/c1-13(2)20(26-21(27)15-4-6-16(23)7-5-15)22(28)24-11-10-17-8-9-19(30-17)18-12-29-14(3)25-18/h4-9,12-13,20H,10-11H2,1-3H3,(H,24,28)(H,26,27)/t20-/m0/s1. The first kappa shape index (κ1) is 22.1. The van der Waals surface area contributed by atoms with Gasteiger partial charge in [-0.1, -0.05) is 13.8 Å². The van der Waals surface area contributed by atoms with E-state index in [1.807, 2.05) is 26.2 Å². The van der Waals surface area contributed by atoms with Crippen LogP contribution in [0.3, 0.4) is 0 Å². The minimum Gasteiger partial charge on any atom is -0.354 e. The van der Waals surface area contributed by atoms with Crippen LogP contribution < -0.4 is 10.6 Å². The molecule has 158 valence electrons. The average molecular weight is 446 g/mol. The van der Waals surface area contributed by atoms with Crippen LogP contribution in [0.2, 0.25) is 0 Å². The summed E-state index contributed by atoms with van der Waals surface area (Å²) in [5.41, 5.74) is 1.31. The van der Waals surface area contributed by atoms with Crippen LogP contribution >= 0.6 is 22.7 Å². The van der Waals surface area contributed by atoms with Crippen molar-refractivity contribution in [3.8, 4) is 10.6 Å². The third kappa shape index (κ3) is 5.73. The van der Waals surface area contributed by atoms with Crippen LogP contribution in [0, 0.1) is 18.7 Å². The Labute approximate surface area is 183 Å². The van der Waals surface area contributed by atoms with Crippen molar-refractivity contribution in [1.29, 1.82) is 0 Å². The van der Waals surface area contributed by atoms with Gasteiger partial charge in [-0.25, -0.2) is 9.37 Å². The third-order valence-electron chi connectivity index (χ3n) is 4.55. The van der Waals surface area contributed by atoms with E-state index in [2.05, 4.69) is 27.8 Å². The van der Waals surface area contributed by atoms with Crippen LogP contribution in [0.1, 0.15) is 34.1 Å². The minimum atomic E-state index is -0.667. The number of carbonyl (C=O) groups is 2. The summed E-state index contributed by atoms with van der Waals surface area (Å²) in [4.78, 5) is 31.8. The Morgan fingerprint density at radius 1 is 1.13 bits per heavy atom. The van der Waals surface area contributed by atoms with Gasteiger partial charge in [0.15, 0.2) is 0 Å². The fraction of sp³-hybridized carbons (Fsp3) is 0.318. The SMILES string of the molecule is Cc1nc(-c2ccc(CCNC(=O)[C@@H](NC(=O)c3ccc(F)cc3)C(C)C)s2)cs1. The van der Waals surface area contributed by atoms with E-state index in [0.29, 0.717) is 18.5 Å². The van der Waals surface area contributed by atoms with E-state index >= 15 is 0 Å². The van der Waals surface area contributed by atoms with Gasteiger partial charge in [0, 0.05) is 22.4 Å². The molecule has 0 unspecified atom stereocenters. The Kier molecular flexibility index (Phi) is 7.33. The van der Waals surface area contributed by atoms with Gasteiger partial charge < -0.3 is 10.6 Å². The summed E-state index contributed by atoms with van der Waals surface area (Å²) in [7, 11) is 0. The summed E-state index contributed by atoms with van der Waals surface area (Å²) in [5, 5.41) is 8.74. The first-order valence-corrected chi connectivity index (χ1v) is 11.4. The molecule has 2 aromatic heterocycles. The van der Waals surface area contributed by atoms with Crippen LogP contribution in [0.5, 0.6) is 0 Å². The molecule has 5 nitrogen and oxygen atoms in total. The van der Waals surface area contributed by atoms with E-state index in [1.54, 1.807) is 22.7 Å². The predicted molar refractivity (Wildman–Crippen MR) is 119 cm³/mol. The number of hydrogen-bond donors (Lipinski definition) is 2. The van der Waals surface area contributed by atoms with Crippen molar-refractivity contribution < 1.29 is 14.0 Å². The number of carbonyl (C=O) groups excluding carboxylic acids is 2. The van der Waals surface area contributed by atoms with Crippen LogP contribution in [0.25, 0.3) is 10.6 Å². The van der Waals surface area contributed by atoms with Gasteiger partial charge in [0.05, 0.1) is 15.6 Å². The molecule has 0 spiro atoms. The van der Waals surface area contributed by atoms with Gasteiger partial charge in [-0.05, 0) is 55.7 Å². The Morgan fingerprint density at radius 2 is 1.87 bits per heavy atom. The van der Waals surface area contributed by atoms with Crippen LogP contribution in [0.15, 0.2) is 41.8 Å². The smallest absolute Gasteiger partial charge is 0.251 e. The number of halogens is 1. The Bertz CT molecular complexity index is 1010. The minimum absolute atomic E-state index is 0.0874. The number of aryl methyl sites for hydroxylation is 1. The number of thiazole rings is 1. The Balaban J connectivity index is 1.53. The lowest BCUT2D eigenvalue weighted by molar-refractivity contribution is -0.123. The zero-order valence-electron chi connectivity index (χ0n) is 17.1. The molecule has 3 rings (SSSR count). The van der Waals surface area contributed by atoms with Gasteiger partial charge in [0.2, 0.25) is 5.91 Å². The van der Waals surface area contributed by atoms with E-state index in [1.165, 1.54) is 24.3 Å². The van der Waals surface area contributed by atoms with Crippen molar-refractivity contribution >= 4 is 34.5 Å². The maximum Gasteiger partial charge on any atom is 0.251 e. The summed E-state index contributed by atoms with van der Waals surface area (Å²) in [6.07, 6.45) is 0.705. The van der Waals surface area contributed by atoms with Crippen molar-refractivity contribution in [3.63, 3.8) is 0 Å². The summed E-state index contributed by atoms with van der Waals surface area (Å²) in [6.45, 7) is 6.20. The van der Waals surface area contributed by atoms with Crippen LogP contribution in [-0.4, -0.2) is 29.4 Å². The molecule has 0 aliphatic rings. The zero-order valence-corrected chi connectivity index (χ0v) is 18.7. The number of nitrogens with one attached hydrogen (secondary N) is 2. The summed E-state index contributed by atoms with van der Waals surface area (Å²) < 4.78 is 13.0. The number of aromatic nitrogens is 1. The first-order chi connectivity index (χ1) is 14.3. The first-order valence-electron chi connectivity index (χ1n) is 9.69. The molecule has 2 amide bonds. The van der Waals surface area contributed by atoms with Gasteiger partial charge in [0.1, 0.15) is 11.9 Å². The van der Waals surface area contributed by atoms with E-state index in [4.69, 9.17) is 0 Å². The lowest BCUT2D eigenvalue weighted by atomic mass is 10.0. The predicted octanol–water partition coefficient (Wildman–Crippen LogP) is 4.43. The van der Waals surface area contributed by atoms with Crippen molar-refractivity contribution in [1.82, 2.24) is 15.6 Å². The fourth-order valence-corrected chi connectivity index (χ4v) is 4.56. The lowest BCUT2D eigenvalue weighted by Gasteiger charge is -2.21. The third-order valence-corrected chi connectivity index (χ3v) is 6.49. The molecular weight excluding hydrogens is 421 g/mol. The highest BCUT2D eigenvalue weighted by Crippen LogP contribution is 2.29. The maximum absolute atomic E-state index is 13.0. The molecule has 0 radical (unpaired) electrons. The Hall–Kier alpha value is -2.58. The fourth-order valence-electron chi connectivity index (χ4n) is 2.91. The average Bonchev–Trinajstić information content (AvgIpc) is 3.35. The molecule has 2 N–H and O–H groups in total. The number of amides is 2. The molecule has 1 aromatic carbocycles. The van der Waals surface area contributed by atoms with Crippen LogP contribution in [-0.2, 0) is 11.2 Å². The summed E-state index contributed by atoms with van der Waals surface area (Å²) >= 11 is 3.29. The molecule has 0 saturated heterocycles. The van der Waals surface area contributed by atoms with Crippen LogP contribution in [0.4, 0.5) is 4.39 Å². The molecular formula is C22H24FN3O2S2. The molecule has 3 aromatic rings. The topological polar surface area (TPSA) is 71.1 Å². The second kappa shape index (κ2) is 9.95. The van der Waals surface area contributed by atoms with E-state index < -0.39 is 17.8 Å². The molecule has 0 aliphatic carbocycles. The quantitative estimate of drug-likeness (QED) is 0.539. The van der Waals surface area contributed by atoms with Crippen molar-refractivity contribution in [2.24, 2.45) is 5.92 Å². The molecule has 2 heterocycles. The highest BCUT2D eigenvalue weighted by atomic mass is 32.1. The lowest BCUT2D eigenvalue weighted by Crippen LogP contribution is -2.50. The van der Waals surface area contributed by atoms with Gasteiger partial charge in [-0.2, -0.15) is 0 Å². The van der Waals surface area contributed by atoms with Crippen molar-refractivity contribution in [2.45, 2.75) is 33.2 Å². The molecule has 0 fully saturated rings. The molecule has 8 heteroatoms. The zero-order chi connectivity index (χ0) is 21.7. The number of rotatable bonds is 8. The van der Waals surface area contributed by atoms with Gasteiger partial charge in [-0.15, -0.1) is 22.7 Å². The Morgan fingerprint density at radius 3 is 2.50 bits per heavy atom. The summed E-state index contributed by atoms with van der Waals surface area (Å²) in [5.74, 6) is -1.13. The van der Waals surface area contributed by atoms with Crippen molar-refractivity contribution in [3.05, 3.63) is 63.0 Å². The number of benzene rings is 1. The second-order valence-electron chi connectivity index (χ2n) is 7.26. The molecule has 0 aliphatic heterocycles. The number of thiophene rings is 1. The molecule has 30 heavy (non-hydrogen) atoms. The second-order valence-corrected chi connectivity index (χ2v) is 9.49. The highest BCUT2D eigenvalue weighted by molar-refractivity contribution is 7.16. The molecule has 1 atom stereocenters. The normalized spacial score (nSPS) is 12.0. The molecule has 0 saturated carbocycles. The largest absolute Gasteiger partial charge is 0.354 e. The summed E-state index contributed by atoms with van der Waals surface area (Å²) in [6, 6.07) is 8.69.